The van der Waals surface area contributed by atoms with Crippen LogP contribution in [-0.2, 0) is 6.42 Å². The average molecular weight is 224 g/mol. The van der Waals surface area contributed by atoms with E-state index in [9.17, 15) is 0 Å². The molecular weight excluding hydrogens is 204 g/mol. The Morgan fingerprint density at radius 1 is 1.38 bits per heavy atom. The number of anilines is 1. The molecule has 16 heavy (non-hydrogen) atoms. The van der Waals surface area contributed by atoms with Crippen molar-refractivity contribution in [3.8, 4) is 0 Å². The highest BCUT2D eigenvalue weighted by Gasteiger charge is 2.18. The SMILES string of the molecule is CC1CCCN(c2nnc(CCN)o2)CC1. The fraction of sp³-hybridized carbons (Fsp3) is 0.818. The van der Waals surface area contributed by atoms with E-state index in [1.165, 1.54) is 19.3 Å². The molecule has 2 N–H and O–H groups in total. The van der Waals surface area contributed by atoms with Crippen molar-refractivity contribution < 1.29 is 4.42 Å². The number of aromatic nitrogens is 2. The van der Waals surface area contributed by atoms with Crippen LogP contribution in [0.1, 0.15) is 32.1 Å². The van der Waals surface area contributed by atoms with Gasteiger partial charge in [-0.15, -0.1) is 5.10 Å². The minimum Gasteiger partial charge on any atom is -0.408 e. The molecule has 0 saturated carbocycles. The Morgan fingerprint density at radius 3 is 3.06 bits per heavy atom. The smallest absolute Gasteiger partial charge is 0.318 e. The van der Waals surface area contributed by atoms with E-state index in [0.29, 0.717) is 24.9 Å². The molecule has 1 fully saturated rings. The van der Waals surface area contributed by atoms with Gasteiger partial charge in [0.1, 0.15) is 0 Å². The predicted octanol–water partition coefficient (Wildman–Crippen LogP) is 1.20. The van der Waals surface area contributed by atoms with Gasteiger partial charge in [0.2, 0.25) is 5.89 Å². The minimum atomic E-state index is 0.554. The van der Waals surface area contributed by atoms with Crippen LogP contribution in [-0.4, -0.2) is 29.8 Å². The van der Waals surface area contributed by atoms with Gasteiger partial charge < -0.3 is 15.1 Å². The summed E-state index contributed by atoms with van der Waals surface area (Å²) in [5.41, 5.74) is 5.45. The second kappa shape index (κ2) is 5.30. The minimum absolute atomic E-state index is 0.554. The molecule has 0 radical (unpaired) electrons. The van der Waals surface area contributed by atoms with Crippen LogP contribution in [0.5, 0.6) is 0 Å². The maximum absolute atomic E-state index is 5.58. The Bertz CT molecular complexity index is 326. The summed E-state index contributed by atoms with van der Waals surface area (Å²) in [6.07, 6.45) is 4.36. The first-order valence-electron chi connectivity index (χ1n) is 6.07. The molecule has 1 atom stereocenters. The highest BCUT2D eigenvalue weighted by Crippen LogP contribution is 2.21. The van der Waals surface area contributed by atoms with Gasteiger partial charge in [0.15, 0.2) is 0 Å². The van der Waals surface area contributed by atoms with Crippen LogP contribution in [0.3, 0.4) is 0 Å². The summed E-state index contributed by atoms with van der Waals surface area (Å²) in [6, 6.07) is 0.664. The van der Waals surface area contributed by atoms with Crippen molar-refractivity contribution in [2.45, 2.75) is 32.6 Å². The summed E-state index contributed by atoms with van der Waals surface area (Å²) in [4.78, 5) is 2.19. The lowest BCUT2D eigenvalue weighted by Crippen LogP contribution is -2.24. The maximum atomic E-state index is 5.58. The van der Waals surface area contributed by atoms with Crippen molar-refractivity contribution >= 4 is 6.01 Å². The van der Waals surface area contributed by atoms with Crippen LogP contribution in [0.15, 0.2) is 4.42 Å². The number of hydrogen-bond donors (Lipinski definition) is 1. The number of rotatable bonds is 3. The number of nitrogens with two attached hydrogens (primary N) is 1. The molecule has 1 aliphatic rings. The second-order valence-corrected chi connectivity index (χ2v) is 4.54. The lowest BCUT2D eigenvalue weighted by Gasteiger charge is -2.16. The van der Waals surface area contributed by atoms with Crippen molar-refractivity contribution in [2.75, 3.05) is 24.5 Å². The zero-order chi connectivity index (χ0) is 11.4. The van der Waals surface area contributed by atoms with Crippen LogP contribution in [0.4, 0.5) is 6.01 Å². The van der Waals surface area contributed by atoms with E-state index in [2.05, 4.69) is 22.0 Å². The molecule has 1 aliphatic heterocycles. The van der Waals surface area contributed by atoms with Gasteiger partial charge in [-0.1, -0.05) is 12.0 Å². The third-order valence-electron chi connectivity index (χ3n) is 3.10. The highest BCUT2D eigenvalue weighted by atomic mass is 16.4. The molecule has 2 rings (SSSR count). The Hall–Kier alpha value is -1.10. The highest BCUT2D eigenvalue weighted by molar-refractivity contribution is 5.24. The van der Waals surface area contributed by atoms with Gasteiger partial charge >= 0.3 is 6.01 Å². The van der Waals surface area contributed by atoms with Crippen molar-refractivity contribution in [1.29, 1.82) is 0 Å². The molecule has 0 amide bonds. The zero-order valence-electron chi connectivity index (χ0n) is 9.85. The Kier molecular flexibility index (Phi) is 3.77. The lowest BCUT2D eigenvalue weighted by molar-refractivity contribution is 0.481. The molecule has 0 bridgehead atoms. The van der Waals surface area contributed by atoms with Gasteiger partial charge in [-0.05, 0) is 25.2 Å². The molecule has 1 aromatic heterocycles. The monoisotopic (exact) mass is 224 g/mol. The first-order chi connectivity index (χ1) is 7.79. The van der Waals surface area contributed by atoms with Gasteiger partial charge in [0.25, 0.3) is 0 Å². The Balaban J connectivity index is 1.99. The van der Waals surface area contributed by atoms with Crippen molar-refractivity contribution in [1.82, 2.24) is 10.2 Å². The van der Waals surface area contributed by atoms with E-state index in [1.54, 1.807) is 0 Å². The molecule has 90 valence electrons. The summed E-state index contributed by atoms with van der Waals surface area (Å²) < 4.78 is 5.58. The normalized spacial score (nSPS) is 22.1. The standard InChI is InChI=1S/C11H20N4O/c1-9-3-2-7-15(8-5-9)11-14-13-10(16-11)4-6-12/h9H,2-8,12H2,1H3. The maximum Gasteiger partial charge on any atom is 0.318 e. The lowest BCUT2D eigenvalue weighted by atomic mass is 10.0. The summed E-state index contributed by atoms with van der Waals surface area (Å²) >= 11 is 0. The van der Waals surface area contributed by atoms with Crippen LogP contribution in [0.25, 0.3) is 0 Å². The van der Waals surface area contributed by atoms with Gasteiger partial charge in [-0.3, -0.25) is 0 Å². The van der Waals surface area contributed by atoms with E-state index >= 15 is 0 Å². The number of hydrogen-bond acceptors (Lipinski definition) is 5. The summed E-state index contributed by atoms with van der Waals surface area (Å²) in [6.45, 7) is 4.90. The average Bonchev–Trinajstić information content (AvgIpc) is 2.62. The largest absolute Gasteiger partial charge is 0.408 e. The van der Waals surface area contributed by atoms with Crippen molar-refractivity contribution in [3.05, 3.63) is 5.89 Å². The molecule has 5 nitrogen and oxygen atoms in total. The third-order valence-corrected chi connectivity index (χ3v) is 3.10. The molecule has 1 aromatic rings. The molecule has 0 aliphatic carbocycles. The fourth-order valence-corrected chi connectivity index (χ4v) is 2.05. The van der Waals surface area contributed by atoms with Gasteiger partial charge in [0, 0.05) is 26.1 Å². The predicted molar refractivity (Wildman–Crippen MR) is 62.3 cm³/mol. The first-order valence-corrected chi connectivity index (χ1v) is 6.07. The van der Waals surface area contributed by atoms with Crippen LogP contribution < -0.4 is 10.6 Å². The van der Waals surface area contributed by atoms with Gasteiger partial charge in [-0.25, -0.2) is 0 Å². The van der Waals surface area contributed by atoms with Crippen molar-refractivity contribution in [3.63, 3.8) is 0 Å². The molecule has 1 unspecified atom stereocenters. The van der Waals surface area contributed by atoms with E-state index < -0.39 is 0 Å². The molecular formula is C11H20N4O. The van der Waals surface area contributed by atoms with E-state index in [0.717, 1.165) is 19.0 Å². The third kappa shape index (κ3) is 2.72. The molecule has 1 saturated heterocycles. The van der Waals surface area contributed by atoms with E-state index in [4.69, 9.17) is 10.2 Å². The topological polar surface area (TPSA) is 68.2 Å². The van der Waals surface area contributed by atoms with Crippen LogP contribution in [0.2, 0.25) is 0 Å². The van der Waals surface area contributed by atoms with Crippen LogP contribution in [0, 0.1) is 5.92 Å². The van der Waals surface area contributed by atoms with E-state index in [1.807, 2.05) is 0 Å². The van der Waals surface area contributed by atoms with Crippen molar-refractivity contribution in [2.24, 2.45) is 11.7 Å². The van der Waals surface area contributed by atoms with Crippen LogP contribution >= 0.6 is 0 Å². The molecule has 0 spiro atoms. The number of nitrogens with zero attached hydrogens (tertiary/aromatic N) is 3. The summed E-state index contributed by atoms with van der Waals surface area (Å²) in [7, 11) is 0. The van der Waals surface area contributed by atoms with Gasteiger partial charge in [-0.2, -0.15) is 0 Å². The molecule has 0 aromatic carbocycles. The summed E-state index contributed by atoms with van der Waals surface area (Å²) in [5.74, 6) is 1.45. The fourth-order valence-electron chi connectivity index (χ4n) is 2.05. The Morgan fingerprint density at radius 2 is 2.25 bits per heavy atom. The first kappa shape index (κ1) is 11.4. The van der Waals surface area contributed by atoms with E-state index in [-0.39, 0.29) is 0 Å². The quantitative estimate of drug-likeness (QED) is 0.835. The molecule has 2 heterocycles. The Labute approximate surface area is 96.0 Å². The molecule has 5 heteroatoms. The van der Waals surface area contributed by atoms with Gasteiger partial charge in [0.05, 0.1) is 0 Å². The zero-order valence-corrected chi connectivity index (χ0v) is 9.85. The summed E-state index contributed by atoms with van der Waals surface area (Å²) in [5, 5.41) is 8.07. The second-order valence-electron chi connectivity index (χ2n) is 4.54.